The molecular formula is C18H16ClNO2S2. The van der Waals surface area contributed by atoms with Crippen molar-refractivity contribution in [1.29, 1.82) is 0 Å². The fraction of sp³-hybridized carbons (Fsp3) is 0.167. The van der Waals surface area contributed by atoms with Crippen LogP contribution in [-0.2, 0) is 6.42 Å². The molecule has 0 aliphatic rings. The molecule has 0 unspecified atom stereocenters. The molecule has 0 aliphatic heterocycles. The first-order valence-corrected chi connectivity index (χ1v) is 9.66. The molecule has 0 amide bonds. The third-order valence-electron chi connectivity index (χ3n) is 3.63. The monoisotopic (exact) mass is 377 g/mol. The molecule has 0 aliphatic carbocycles. The van der Waals surface area contributed by atoms with Gasteiger partial charge in [-0.15, -0.1) is 22.7 Å². The zero-order valence-electron chi connectivity index (χ0n) is 12.8. The van der Waals surface area contributed by atoms with Gasteiger partial charge in [0.2, 0.25) is 0 Å². The number of carbonyl (C=O) groups is 1. The van der Waals surface area contributed by atoms with Gasteiger partial charge in [0.25, 0.3) is 0 Å². The summed E-state index contributed by atoms with van der Waals surface area (Å²) in [4.78, 5) is 13.1. The quantitative estimate of drug-likeness (QED) is 0.506. The van der Waals surface area contributed by atoms with E-state index in [0.29, 0.717) is 15.6 Å². The third kappa shape index (κ3) is 3.98. The molecule has 0 spiro atoms. The molecule has 1 aromatic carbocycles. The second kappa shape index (κ2) is 7.83. The van der Waals surface area contributed by atoms with E-state index in [4.69, 9.17) is 11.6 Å². The van der Waals surface area contributed by atoms with Crippen molar-refractivity contribution in [2.45, 2.75) is 12.8 Å². The molecule has 2 aromatic heterocycles. The number of hydrogen-bond donors (Lipinski definition) is 2. The summed E-state index contributed by atoms with van der Waals surface area (Å²) in [5, 5.41) is 18.2. The predicted molar refractivity (Wildman–Crippen MR) is 103 cm³/mol. The van der Waals surface area contributed by atoms with Crippen LogP contribution in [0, 0.1) is 0 Å². The number of rotatable bonds is 7. The Balaban J connectivity index is 1.71. The highest BCUT2D eigenvalue weighted by molar-refractivity contribution is 7.15. The molecule has 0 saturated carbocycles. The number of nitrogens with one attached hydrogen (secondary N) is 1. The number of aromatic carboxylic acids is 1. The fourth-order valence-corrected chi connectivity index (χ4v) is 4.33. The third-order valence-corrected chi connectivity index (χ3v) is 5.75. The average molecular weight is 378 g/mol. The SMILES string of the molecule is O=C(O)c1c(-c2ccc(Cl)cc2)csc1NCCCc1cccs1. The second-order valence-electron chi connectivity index (χ2n) is 5.28. The lowest BCUT2D eigenvalue weighted by molar-refractivity contribution is 0.0699. The number of thiophene rings is 2. The molecule has 2 N–H and O–H groups in total. The first-order valence-electron chi connectivity index (χ1n) is 7.52. The zero-order chi connectivity index (χ0) is 16.9. The molecule has 0 radical (unpaired) electrons. The van der Waals surface area contributed by atoms with Gasteiger partial charge in [-0.05, 0) is 42.0 Å². The van der Waals surface area contributed by atoms with Crippen molar-refractivity contribution in [2.75, 3.05) is 11.9 Å². The summed E-state index contributed by atoms with van der Waals surface area (Å²) in [7, 11) is 0. The number of carboxylic acid groups (broad SMARTS) is 1. The number of anilines is 1. The minimum Gasteiger partial charge on any atom is -0.478 e. The second-order valence-corrected chi connectivity index (χ2v) is 7.62. The van der Waals surface area contributed by atoms with Crippen LogP contribution < -0.4 is 5.32 Å². The predicted octanol–water partition coefficient (Wildman–Crippen LogP) is 5.87. The molecule has 0 atom stereocenters. The van der Waals surface area contributed by atoms with Gasteiger partial charge in [0.15, 0.2) is 0 Å². The highest BCUT2D eigenvalue weighted by Gasteiger charge is 2.19. The van der Waals surface area contributed by atoms with Crippen molar-refractivity contribution in [3.63, 3.8) is 0 Å². The summed E-state index contributed by atoms with van der Waals surface area (Å²) in [5.74, 6) is -0.915. The Morgan fingerprint density at radius 2 is 1.96 bits per heavy atom. The van der Waals surface area contributed by atoms with Crippen LogP contribution in [-0.4, -0.2) is 17.6 Å². The lowest BCUT2D eigenvalue weighted by Crippen LogP contribution is -2.06. The van der Waals surface area contributed by atoms with Gasteiger partial charge in [-0.25, -0.2) is 4.79 Å². The highest BCUT2D eigenvalue weighted by Crippen LogP contribution is 2.36. The zero-order valence-corrected chi connectivity index (χ0v) is 15.2. The largest absolute Gasteiger partial charge is 0.478 e. The lowest BCUT2D eigenvalue weighted by Gasteiger charge is -2.07. The van der Waals surface area contributed by atoms with Gasteiger partial charge in [0.1, 0.15) is 10.6 Å². The fourth-order valence-electron chi connectivity index (χ4n) is 2.46. The van der Waals surface area contributed by atoms with E-state index >= 15 is 0 Å². The smallest absolute Gasteiger partial charge is 0.339 e. The van der Waals surface area contributed by atoms with E-state index in [9.17, 15) is 9.90 Å². The summed E-state index contributed by atoms with van der Waals surface area (Å²) in [6.45, 7) is 0.749. The number of halogens is 1. The Morgan fingerprint density at radius 3 is 2.62 bits per heavy atom. The van der Waals surface area contributed by atoms with Crippen molar-refractivity contribution in [3.8, 4) is 11.1 Å². The van der Waals surface area contributed by atoms with Gasteiger partial charge >= 0.3 is 5.97 Å². The molecule has 3 nitrogen and oxygen atoms in total. The Kier molecular flexibility index (Phi) is 5.56. The molecule has 3 rings (SSSR count). The summed E-state index contributed by atoms with van der Waals surface area (Å²) < 4.78 is 0. The van der Waals surface area contributed by atoms with Crippen LogP contribution in [0.25, 0.3) is 11.1 Å². The summed E-state index contributed by atoms with van der Waals surface area (Å²) in [5.41, 5.74) is 1.92. The van der Waals surface area contributed by atoms with E-state index in [2.05, 4.69) is 16.8 Å². The van der Waals surface area contributed by atoms with Gasteiger partial charge in [0.05, 0.1) is 0 Å². The summed E-state index contributed by atoms with van der Waals surface area (Å²) in [6.07, 6.45) is 1.97. The van der Waals surface area contributed by atoms with Crippen LogP contribution in [0.15, 0.2) is 47.2 Å². The maximum absolute atomic E-state index is 11.7. The lowest BCUT2D eigenvalue weighted by atomic mass is 10.0. The van der Waals surface area contributed by atoms with E-state index < -0.39 is 5.97 Å². The number of aryl methyl sites for hydroxylation is 1. The van der Waals surface area contributed by atoms with Crippen LogP contribution in [0.1, 0.15) is 21.7 Å². The first-order chi connectivity index (χ1) is 11.6. The summed E-state index contributed by atoms with van der Waals surface area (Å²) in [6, 6.07) is 11.4. The van der Waals surface area contributed by atoms with Crippen molar-refractivity contribution >= 4 is 45.2 Å². The number of carboxylic acids is 1. The maximum Gasteiger partial charge on any atom is 0.339 e. The Bertz CT molecular complexity index is 810. The number of hydrogen-bond acceptors (Lipinski definition) is 4. The molecule has 0 saturated heterocycles. The van der Waals surface area contributed by atoms with Gasteiger partial charge in [0, 0.05) is 27.4 Å². The van der Waals surface area contributed by atoms with E-state index in [-0.39, 0.29) is 0 Å². The normalized spacial score (nSPS) is 10.7. The molecule has 2 heterocycles. The van der Waals surface area contributed by atoms with Crippen LogP contribution in [0.4, 0.5) is 5.00 Å². The van der Waals surface area contributed by atoms with E-state index in [1.807, 2.05) is 23.6 Å². The van der Waals surface area contributed by atoms with Crippen LogP contribution in [0.5, 0.6) is 0 Å². The molecular weight excluding hydrogens is 362 g/mol. The van der Waals surface area contributed by atoms with Gasteiger partial charge < -0.3 is 10.4 Å². The number of benzene rings is 1. The Hall–Kier alpha value is -1.82. The van der Waals surface area contributed by atoms with Gasteiger partial charge in [-0.1, -0.05) is 29.8 Å². The van der Waals surface area contributed by atoms with Crippen molar-refractivity contribution in [3.05, 3.63) is 62.6 Å². The molecule has 0 bridgehead atoms. The Morgan fingerprint density at radius 1 is 1.17 bits per heavy atom. The molecule has 0 fully saturated rings. The molecule has 6 heteroatoms. The standard InChI is InChI=1S/C18H16ClNO2S2/c19-13-7-5-12(6-8-13)15-11-24-17(16(15)18(21)22)20-9-1-3-14-4-2-10-23-14/h2,4-8,10-11,20H,1,3,9H2,(H,21,22). The minimum absolute atomic E-state index is 0.332. The molecule has 124 valence electrons. The molecule has 3 aromatic rings. The van der Waals surface area contributed by atoms with Gasteiger partial charge in [-0.3, -0.25) is 0 Å². The van der Waals surface area contributed by atoms with Crippen molar-refractivity contribution < 1.29 is 9.90 Å². The van der Waals surface area contributed by atoms with E-state index in [1.165, 1.54) is 16.2 Å². The first kappa shape index (κ1) is 17.0. The average Bonchev–Trinajstić information content (AvgIpc) is 3.22. The molecule has 24 heavy (non-hydrogen) atoms. The Labute approximate surface area is 153 Å². The van der Waals surface area contributed by atoms with Crippen molar-refractivity contribution in [1.82, 2.24) is 0 Å². The highest BCUT2D eigenvalue weighted by atomic mass is 35.5. The maximum atomic E-state index is 11.7. The van der Waals surface area contributed by atoms with E-state index in [1.54, 1.807) is 23.5 Å². The van der Waals surface area contributed by atoms with E-state index in [0.717, 1.165) is 30.5 Å². The van der Waals surface area contributed by atoms with Crippen LogP contribution in [0.3, 0.4) is 0 Å². The topological polar surface area (TPSA) is 49.3 Å². The van der Waals surface area contributed by atoms with Crippen LogP contribution >= 0.6 is 34.3 Å². The summed E-state index contributed by atoms with van der Waals surface area (Å²) >= 11 is 9.09. The minimum atomic E-state index is -0.915. The van der Waals surface area contributed by atoms with Crippen molar-refractivity contribution in [2.24, 2.45) is 0 Å². The van der Waals surface area contributed by atoms with Gasteiger partial charge in [-0.2, -0.15) is 0 Å². The van der Waals surface area contributed by atoms with Crippen LogP contribution in [0.2, 0.25) is 5.02 Å².